The van der Waals surface area contributed by atoms with E-state index in [4.69, 9.17) is 28.7 Å². The predicted molar refractivity (Wildman–Crippen MR) is 72.7 cm³/mol. The van der Waals surface area contributed by atoms with E-state index < -0.39 is 17.1 Å². The number of ketones is 1. The SMILES string of the molecule is CC(=O)C(N)(CC(C)C)C(N)(N)N(C)C(C)(N)N. The highest BCUT2D eigenvalue weighted by molar-refractivity contribution is 5.87. The molecule has 108 valence electrons. The molecule has 0 aliphatic rings. The number of hydrogen-bond donors (Lipinski definition) is 5. The lowest BCUT2D eigenvalue weighted by Crippen LogP contribution is -2.85. The molecule has 0 fully saturated rings. The van der Waals surface area contributed by atoms with Gasteiger partial charge in [-0.25, -0.2) is 4.90 Å². The number of hydrogen-bond acceptors (Lipinski definition) is 7. The second-order valence-corrected chi connectivity index (χ2v) is 5.74. The summed E-state index contributed by atoms with van der Waals surface area (Å²) in [6.07, 6.45) is 0.343. The Morgan fingerprint density at radius 1 is 1.17 bits per heavy atom. The van der Waals surface area contributed by atoms with Crippen LogP contribution in [0.5, 0.6) is 0 Å². The van der Waals surface area contributed by atoms with Crippen LogP contribution in [0.2, 0.25) is 0 Å². The van der Waals surface area contributed by atoms with Crippen LogP contribution in [0, 0.1) is 5.92 Å². The Hall–Kier alpha value is -0.570. The average molecular weight is 260 g/mol. The average Bonchev–Trinajstić information content (AvgIpc) is 2.13. The summed E-state index contributed by atoms with van der Waals surface area (Å²) >= 11 is 0. The number of nitrogens with zero attached hydrogens (tertiary/aromatic N) is 1. The molecule has 0 bridgehead atoms. The molecule has 0 saturated heterocycles. The highest BCUT2D eigenvalue weighted by Crippen LogP contribution is 2.26. The summed E-state index contributed by atoms with van der Waals surface area (Å²) in [6, 6.07) is 0. The molecule has 0 heterocycles. The molecular weight excluding hydrogens is 232 g/mol. The largest absolute Gasteiger partial charge is 0.315 e. The molecule has 0 aromatic heterocycles. The van der Waals surface area contributed by atoms with Gasteiger partial charge in [0.2, 0.25) is 0 Å². The minimum absolute atomic E-state index is 0.153. The summed E-state index contributed by atoms with van der Waals surface area (Å²) in [6.45, 7) is 6.78. The summed E-state index contributed by atoms with van der Waals surface area (Å²) in [5.74, 6) is -3.06. The zero-order chi connectivity index (χ0) is 14.9. The molecule has 0 aliphatic heterocycles. The van der Waals surface area contributed by atoms with Crippen LogP contribution in [0.4, 0.5) is 0 Å². The fourth-order valence-electron chi connectivity index (χ4n) is 1.93. The first-order valence-corrected chi connectivity index (χ1v) is 5.96. The number of nitrogens with two attached hydrogens (primary N) is 5. The molecule has 18 heavy (non-hydrogen) atoms. The maximum atomic E-state index is 11.9. The van der Waals surface area contributed by atoms with E-state index in [1.807, 2.05) is 13.8 Å². The lowest BCUT2D eigenvalue weighted by Gasteiger charge is -2.51. The Morgan fingerprint density at radius 2 is 1.56 bits per heavy atom. The first kappa shape index (κ1) is 17.4. The second-order valence-electron chi connectivity index (χ2n) is 5.74. The van der Waals surface area contributed by atoms with E-state index in [-0.39, 0.29) is 11.7 Å². The summed E-state index contributed by atoms with van der Waals surface area (Å²) in [4.78, 5) is 13.2. The van der Waals surface area contributed by atoms with Crippen molar-refractivity contribution < 1.29 is 4.79 Å². The number of carbonyl (C=O) groups is 1. The van der Waals surface area contributed by atoms with Crippen molar-refractivity contribution in [1.29, 1.82) is 0 Å². The molecule has 0 amide bonds. The number of likely N-dealkylation sites (N-methyl/N-ethyl adjacent to an activating group) is 1. The highest BCUT2D eigenvalue weighted by Gasteiger charge is 2.52. The molecule has 0 aliphatic carbocycles. The van der Waals surface area contributed by atoms with Crippen molar-refractivity contribution in [1.82, 2.24) is 4.90 Å². The molecule has 7 nitrogen and oxygen atoms in total. The van der Waals surface area contributed by atoms with Gasteiger partial charge in [-0.3, -0.25) is 16.3 Å². The zero-order valence-corrected chi connectivity index (χ0v) is 12.0. The van der Waals surface area contributed by atoms with Crippen LogP contribution in [-0.4, -0.2) is 34.8 Å². The lowest BCUT2D eigenvalue weighted by atomic mass is 9.79. The van der Waals surface area contributed by atoms with Gasteiger partial charge in [0.25, 0.3) is 0 Å². The van der Waals surface area contributed by atoms with Gasteiger partial charge in [0.1, 0.15) is 17.1 Å². The maximum absolute atomic E-state index is 11.9. The molecule has 10 N–H and O–H groups in total. The Morgan fingerprint density at radius 3 is 1.78 bits per heavy atom. The first-order chi connectivity index (χ1) is 7.76. The van der Waals surface area contributed by atoms with E-state index in [1.54, 1.807) is 7.05 Å². The topological polar surface area (TPSA) is 150 Å². The Kier molecular flexibility index (Phi) is 5.03. The fraction of sp³-hybridized carbons (Fsp3) is 0.909. The summed E-state index contributed by atoms with van der Waals surface area (Å²) < 4.78 is 0. The van der Waals surface area contributed by atoms with E-state index >= 15 is 0 Å². The lowest BCUT2D eigenvalue weighted by molar-refractivity contribution is -0.132. The van der Waals surface area contributed by atoms with E-state index in [0.717, 1.165) is 0 Å². The second kappa shape index (κ2) is 5.20. The van der Waals surface area contributed by atoms with E-state index in [2.05, 4.69) is 0 Å². The van der Waals surface area contributed by atoms with Gasteiger partial charge in [-0.15, -0.1) is 0 Å². The summed E-state index contributed by atoms with van der Waals surface area (Å²) in [7, 11) is 1.55. The zero-order valence-electron chi connectivity index (χ0n) is 12.0. The van der Waals surface area contributed by atoms with Crippen LogP contribution >= 0.6 is 0 Å². The highest BCUT2D eigenvalue weighted by atomic mass is 16.1. The van der Waals surface area contributed by atoms with Gasteiger partial charge in [0, 0.05) is 0 Å². The number of Topliss-reactive ketones (excluding diaryl/α,β-unsaturated/α-hetero) is 1. The van der Waals surface area contributed by atoms with Gasteiger partial charge in [-0.05, 0) is 33.2 Å². The van der Waals surface area contributed by atoms with Crippen molar-refractivity contribution in [2.75, 3.05) is 7.05 Å². The molecule has 0 aromatic carbocycles. The standard InChI is InChI=1S/C11H28N6O/c1-7(2)6-10(14,8(3)18)11(15,16)17(5)9(4,12)13/h7H,6,12-16H2,1-5H3. The van der Waals surface area contributed by atoms with Gasteiger partial charge in [0.15, 0.2) is 5.78 Å². The molecule has 0 spiro atoms. The fourth-order valence-corrected chi connectivity index (χ4v) is 1.93. The third-order valence-corrected chi connectivity index (χ3v) is 3.35. The molecule has 1 atom stereocenters. The van der Waals surface area contributed by atoms with Gasteiger partial charge in [-0.1, -0.05) is 13.8 Å². The van der Waals surface area contributed by atoms with Gasteiger partial charge < -0.3 is 17.2 Å². The molecule has 0 saturated carbocycles. The van der Waals surface area contributed by atoms with E-state index in [1.165, 1.54) is 18.7 Å². The van der Waals surface area contributed by atoms with E-state index in [0.29, 0.717) is 6.42 Å². The number of carbonyl (C=O) groups excluding carboxylic acids is 1. The van der Waals surface area contributed by atoms with Crippen molar-refractivity contribution in [2.24, 2.45) is 34.6 Å². The molecular formula is C11H28N6O. The minimum atomic E-state index is -1.64. The van der Waals surface area contributed by atoms with Crippen LogP contribution in [0.25, 0.3) is 0 Å². The predicted octanol–water partition coefficient (Wildman–Crippen LogP) is -1.59. The first-order valence-electron chi connectivity index (χ1n) is 5.96. The van der Waals surface area contributed by atoms with Crippen molar-refractivity contribution in [3.63, 3.8) is 0 Å². The summed E-state index contributed by atoms with van der Waals surface area (Å²) in [5.41, 5.74) is 28.4. The van der Waals surface area contributed by atoms with Crippen LogP contribution < -0.4 is 28.7 Å². The number of rotatable bonds is 6. The van der Waals surface area contributed by atoms with Crippen molar-refractivity contribution in [3.05, 3.63) is 0 Å². The van der Waals surface area contributed by atoms with E-state index in [9.17, 15) is 4.79 Å². The molecule has 7 heteroatoms. The van der Waals surface area contributed by atoms with Crippen molar-refractivity contribution >= 4 is 5.78 Å². The van der Waals surface area contributed by atoms with Crippen molar-refractivity contribution in [2.45, 2.75) is 51.2 Å². The monoisotopic (exact) mass is 260 g/mol. The molecule has 0 aromatic rings. The maximum Gasteiger partial charge on any atom is 0.154 e. The normalized spacial score (nSPS) is 17.1. The smallest absolute Gasteiger partial charge is 0.154 e. The van der Waals surface area contributed by atoms with Crippen LogP contribution in [-0.2, 0) is 4.79 Å². The quantitative estimate of drug-likeness (QED) is 0.361. The Labute approximate surface area is 109 Å². The third-order valence-electron chi connectivity index (χ3n) is 3.35. The minimum Gasteiger partial charge on any atom is -0.315 e. The van der Waals surface area contributed by atoms with Crippen LogP contribution in [0.3, 0.4) is 0 Å². The molecule has 0 radical (unpaired) electrons. The third kappa shape index (κ3) is 3.25. The molecule has 1 unspecified atom stereocenters. The van der Waals surface area contributed by atoms with Gasteiger partial charge in [-0.2, -0.15) is 0 Å². The van der Waals surface area contributed by atoms with Gasteiger partial charge >= 0.3 is 0 Å². The van der Waals surface area contributed by atoms with Gasteiger partial charge in [0.05, 0.1) is 0 Å². The van der Waals surface area contributed by atoms with Crippen molar-refractivity contribution in [3.8, 4) is 0 Å². The molecule has 0 rings (SSSR count). The van der Waals surface area contributed by atoms with Crippen LogP contribution in [0.15, 0.2) is 0 Å². The Bertz CT molecular complexity index is 309. The van der Waals surface area contributed by atoms with Crippen LogP contribution in [0.1, 0.15) is 34.1 Å². The Balaban J connectivity index is 5.55. The summed E-state index contributed by atoms with van der Waals surface area (Å²) in [5, 5.41) is 0.